The molecule has 0 atom stereocenters. The number of methoxy groups -OCH3 is 1. The molecule has 0 aliphatic carbocycles. The number of anilines is 1. The number of aryl methyl sites for hydroxylation is 2. The molecule has 1 aromatic carbocycles. The highest BCUT2D eigenvalue weighted by Crippen LogP contribution is 2.19. The van der Waals surface area contributed by atoms with Crippen LogP contribution >= 0.6 is 0 Å². The number of nitrogen functional groups attached to an aromatic ring is 1. The van der Waals surface area contributed by atoms with Crippen molar-refractivity contribution in [2.24, 2.45) is 12.9 Å². The fraction of sp³-hybridized carbons (Fsp3) is 0.333. The molecular weight excluding hydrogens is 230 g/mol. The van der Waals surface area contributed by atoms with Gasteiger partial charge in [0.1, 0.15) is 11.6 Å². The minimum absolute atomic E-state index is 0.560. The number of benzene rings is 1. The van der Waals surface area contributed by atoms with Crippen molar-refractivity contribution in [3.05, 3.63) is 35.7 Å². The van der Waals surface area contributed by atoms with Crippen LogP contribution in [0.1, 0.15) is 11.4 Å². The van der Waals surface area contributed by atoms with E-state index >= 15 is 0 Å². The normalized spacial score (nSPS) is 10.4. The van der Waals surface area contributed by atoms with Crippen molar-refractivity contribution in [1.82, 2.24) is 14.8 Å². The monoisotopic (exact) mass is 247 g/mol. The van der Waals surface area contributed by atoms with Gasteiger partial charge in [0, 0.05) is 13.5 Å². The van der Waals surface area contributed by atoms with E-state index in [1.807, 2.05) is 29.8 Å². The topological polar surface area (TPSA) is 78.0 Å². The highest BCUT2D eigenvalue weighted by atomic mass is 16.5. The Bertz CT molecular complexity index is 523. The van der Waals surface area contributed by atoms with E-state index in [2.05, 4.69) is 21.7 Å². The number of nitrogens with zero attached hydrogens (tertiary/aromatic N) is 3. The van der Waals surface area contributed by atoms with E-state index < -0.39 is 0 Å². The Balaban J connectivity index is 2.09. The highest BCUT2D eigenvalue weighted by molar-refractivity contribution is 5.33. The SMILES string of the molecule is COc1ccccc1CCc1nnc(NN)n1C. The molecule has 0 aliphatic rings. The summed E-state index contributed by atoms with van der Waals surface area (Å²) < 4.78 is 7.16. The quantitative estimate of drug-likeness (QED) is 0.606. The van der Waals surface area contributed by atoms with Gasteiger partial charge in [-0.3, -0.25) is 9.99 Å². The van der Waals surface area contributed by atoms with Gasteiger partial charge in [0.25, 0.3) is 0 Å². The minimum atomic E-state index is 0.560. The summed E-state index contributed by atoms with van der Waals surface area (Å²) in [5.41, 5.74) is 3.66. The summed E-state index contributed by atoms with van der Waals surface area (Å²) in [4.78, 5) is 0. The van der Waals surface area contributed by atoms with E-state index in [1.165, 1.54) is 0 Å². The Morgan fingerprint density at radius 2 is 2.06 bits per heavy atom. The Morgan fingerprint density at radius 1 is 1.28 bits per heavy atom. The predicted octanol–water partition coefficient (Wildman–Crippen LogP) is 0.894. The first-order valence-corrected chi connectivity index (χ1v) is 5.73. The van der Waals surface area contributed by atoms with Gasteiger partial charge in [-0.1, -0.05) is 18.2 Å². The lowest BCUT2D eigenvalue weighted by Crippen LogP contribution is -2.12. The van der Waals surface area contributed by atoms with Gasteiger partial charge in [0.2, 0.25) is 5.95 Å². The smallest absolute Gasteiger partial charge is 0.238 e. The average molecular weight is 247 g/mol. The van der Waals surface area contributed by atoms with Crippen LogP contribution < -0.4 is 16.0 Å². The van der Waals surface area contributed by atoms with Crippen LogP contribution in [0, 0.1) is 0 Å². The van der Waals surface area contributed by atoms with E-state index in [4.69, 9.17) is 10.6 Å². The van der Waals surface area contributed by atoms with Crippen LogP contribution in [0.4, 0.5) is 5.95 Å². The molecule has 0 spiro atoms. The van der Waals surface area contributed by atoms with E-state index in [0.29, 0.717) is 5.95 Å². The third kappa shape index (κ3) is 2.43. The third-order valence-electron chi connectivity index (χ3n) is 2.90. The molecule has 0 aliphatic heterocycles. The number of hydrazine groups is 1. The molecule has 2 aromatic rings. The predicted molar refractivity (Wildman–Crippen MR) is 69.2 cm³/mol. The molecule has 0 unspecified atom stereocenters. The number of nitrogens with one attached hydrogen (secondary N) is 1. The van der Waals surface area contributed by atoms with Gasteiger partial charge >= 0.3 is 0 Å². The zero-order valence-corrected chi connectivity index (χ0v) is 10.6. The molecule has 0 saturated carbocycles. The summed E-state index contributed by atoms with van der Waals surface area (Å²) in [6.07, 6.45) is 1.63. The number of para-hydroxylation sites is 1. The largest absolute Gasteiger partial charge is 0.496 e. The van der Waals surface area contributed by atoms with E-state index in [0.717, 1.165) is 30.0 Å². The number of hydrogen-bond donors (Lipinski definition) is 2. The molecule has 0 fully saturated rings. The standard InChI is InChI=1S/C12H17N5O/c1-17-11(15-16-12(17)14-13)8-7-9-5-3-4-6-10(9)18-2/h3-6H,7-8,13H2,1-2H3,(H,14,16). The van der Waals surface area contributed by atoms with Crippen molar-refractivity contribution in [3.8, 4) is 5.75 Å². The minimum Gasteiger partial charge on any atom is -0.496 e. The molecule has 6 heteroatoms. The molecule has 96 valence electrons. The van der Waals surface area contributed by atoms with Gasteiger partial charge < -0.3 is 4.74 Å². The molecule has 1 aromatic heterocycles. The molecule has 0 amide bonds. The lowest BCUT2D eigenvalue weighted by Gasteiger charge is -2.07. The van der Waals surface area contributed by atoms with Gasteiger partial charge in [0.15, 0.2) is 0 Å². The molecular formula is C12H17N5O. The maximum atomic E-state index is 5.32. The first kappa shape index (κ1) is 12.4. The fourth-order valence-electron chi connectivity index (χ4n) is 1.86. The number of ether oxygens (including phenoxy) is 1. The summed E-state index contributed by atoms with van der Waals surface area (Å²) in [6.45, 7) is 0. The van der Waals surface area contributed by atoms with Crippen molar-refractivity contribution in [2.75, 3.05) is 12.5 Å². The molecule has 1 heterocycles. The van der Waals surface area contributed by atoms with Crippen molar-refractivity contribution >= 4 is 5.95 Å². The summed E-state index contributed by atoms with van der Waals surface area (Å²) >= 11 is 0. The first-order valence-electron chi connectivity index (χ1n) is 5.73. The summed E-state index contributed by atoms with van der Waals surface area (Å²) in [6, 6.07) is 7.97. The second-order valence-electron chi connectivity index (χ2n) is 3.96. The Hall–Kier alpha value is -2.08. The van der Waals surface area contributed by atoms with Crippen LogP contribution in [0.5, 0.6) is 5.75 Å². The van der Waals surface area contributed by atoms with Gasteiger partial charge in [0.05, 0.1) is 7.11 Å². The summed E-state index contributed by atoms with van der Waals surface area (Å²) in [7, 11) is 3.56. The molecule has 6 nitrogen and oxygen atoms in total. The van der Waals surface area contributed by atoms with Gasteiger partial charge in [-0.25, -0.2) is 5.84 Å². The Labute approximate surface area is 106 Å². The molecule has 0 radical (unpaired) electrons. The van der Waals surface area contributed by atoms with Crippen molar-refractivity contribution in [1.29, 1.82) is 0 Å². The van der Waals surface area contributed by atoms with Crippen molar-refractivity contribution < 1.29 is 4.74 Å². The second-order valence-corrected chi connectivity index (χ2v) is 3.96. The number of aromatic nitrogens is 3. The van der Waals surface area contributed by atoms with Crippen LogP contribution in [0.15, 0.2) is 24.3 Å². The van der Waals surface area contributed by atoms with Crippen LogP contribution in [0.2, 0.25) is 0 Å². The Morgan fingerprint density at radius 3 is 2.72 bits per heavy atom. The van der Waals surface area contributed by atoms with Crippen LogP contribution in [-0.2, 0) is 19.9 Å². The van der Waals surface area contributed by atoms with Crippen LogP contribution in [0.25, 0.3) is 0 Å². The van der Waals surface area contributed by atoms with Crippen molar-refractivity contribution in [2.45, 2.75) is 12.8 Å². The van der Waals surface area contributed by atoms with E-state index in [9.17, 15) is 0 Å². The second kappa shape index (κ2) is 5.50. The van der Waals surface area contributed by atoms with Crippen molar-refractivity contribution in [3.63, 3.8) is 0 Å². The molecule has 3 N–H and O–H groups in total. The first-order chi connectivity index (χ1) is 8.76. The van der Waals surface area contributed by atoms with Gasteiger partial charge in [-0.2, -0.15) is 0 Å². The molecule has 18 heavy (non-hydrogen) atoms. The maximum Gasteiger partial charge on any atom is 0.238 e. The van der Waals surface area contributed by atoms with E-state index in [1.54, 1.807) is 7.11 Å². The zero-order chi connectivity index (χ0) is 13.0. The van der Waals surface area contributed by atoms with Crippen LogP contribution in [-0.4, -0.2) is 21.9 Å². The highest BCUT2D eigenvalue weighted by Gasteiger charge is 2.08. The fourth-order valence-corrected chi connectivity index (χ4v) is 1.86. The Kier molecular flexibility index (Phi) is 3.78. The number of rotatable bonds is 5. The summed E-state index contributed by atoms with van der Waals surface area (Å²) in [5, 5.41) is 8.02. The number of hydrogen-bond acceptors (Lipinski definition) is 5. The van der Waals surface area contributed by atoms with E-state index in [-0.39, 0.29) is 0 Å². The lowest BCUT2D eigenvalue weighted by molar-refractivity contribution is 0.409. The van der Waals surface area contributed by atoms with Gasteiger partial charge in [-0.05, 0) is 18.1 Å². The average Bonchev–Trinajstić information content (AvgIpc) is 2.77. The molecule has 2 rings (SSSR count). The lowest BCUT2D eigenvalue weighted by atomic mass is 10.1. The van der Waals surface area contributed by atoms with Crippen LogP contribution in [0.3, 0.4) is 0 Å². The maximum absolute atomic E-state index is 5.32. The third-order valence-corrected chi connectivity index (χ3v) is 2.90. The molecule has 0 bridgehead atoms. The van der Waals surface area contributed by atoms with Gasteiger partial charge in [-0.15, -0.1) is 10.2 Å². The zero-order valence-electron chi connectivity index (χ0n) is 10.6. The number of nitrogens with two attached hydrogens (primary N) is 1. The summed E-state index contributed by atoms with van der Waals surface area (Å²) in [5.74, 6) is 7.67. The molecule has 0 saturated heterocycles.